The third-order valence-corrected chi connectivity index (χ3v) is 4.90. The van der Waals surface area contributed by atoms with Crippen LogP contribution in [0.5, 0.6) is 5.75 Å². The maximum Gasteiger partial charge on any atom is 0.408 e. The molecule has 0 aliphatic rings. The molecule has 1 unspecified atom stereocenters. The van der Waals surface area contributed by atoms with Gasteiger partial charge in [0.1, 0.15) is 24.0 Å². The number of ether oxygens (including phenoxy) is 2. The van der Waals surface area contributed by atoms with Crippen molar-refractivity contribution in [3.8, 4) is 5.75 Å². The Morgan fingerprint density at radius 1 is 1.19 bits per heavy atom. The summed E-state index contributed by atoms with van der Waals surface area (Å²) in [5.74, 6) is -0.964. The summed E-state index contributed by atoms with van der Waals surface area (Å²) in [4.78, 5) is 34.5. The first-order valence-electron chi connectivity index (χ1n) is 9.35. The zero-order valence-electron chi connectivity index (χ0n) is 17.4. The number of alkyl carbamates (subject to hydrolysis) is 1. The lowest BCUT2D eigenvalue weighted by atomic mass is 10.2. The van der Waals surface area contributed by atoms with Gasteiger partial charge in [-0.1, -0.05) is 30.3 Å². The van der Waals surface area contributed by atoms with Crippen LogP contribution in [0.4, 0.5) is 10.5 Å². The number of nitrogens with zero attached hydrogens (tertiary/aromatic N) is 1. The van der Waals surface area contributed by atoms with Crippen molar-refractivity contribution in [1.82, 2.24) is 5.32 Å². The second-order valence-electron chi connectivity index (χ2n) is 7.51. The quantitative estimate of drug-likeness (QED) is 0.331. The third kappa shape index (κ3) is 8.17. The number of aliphatic carboxylic acids is 1. The predicted molar refractivity (Wildman–Crippen MR) is 115 cm³/mol. The molecule has 2 aromatic rings. The van der Waals surface area contributed by atoms with Crippen LogP contribution in [0.2, 0.25) is 0 Å². The van der Waals surface area contributed by atoms with Crippen LogP contribution in [-0.2, 0) is 16.1 Å². The maximum atomic E-state index is 11.9. The van der Waals surface area contributed by atoms with E-state index in [1.54, 1.807) is 20.8 Å². The summed E-state index contributed by atoms with van der Waals surface area (Å²) in [6.45, 7) is 5.23. The molecule has 0 heterocycles. The summed E-state index contributed by atoms with van der Waals surface area (Å²) < 4.78 is 10.9. The molecule has 0 fully saturated rings. The van der Waals surface area contributed by atoms with Gasteiger partial charge in [-0.15, -0.1) is 11.8 Å². The smallest absolute Gasteiger partial charge is 0.408 e. The Bertz CT molecular complexity index is 929. The van der Waals surface area contributed by atoms with Gasteiger partial charge in [-0.05, 0) is 32.4 Å². The SMILES string of the molecule is CC(C)(C)OC(=O)NC(CSc1cc([N+](=O)[O-])ccc1OCc1ccccc1)C(=O)O. The fourth-order valence-electron chi connectivity index (χ4n) is 2.38. The van der Waals surface area contributed by atoms with Gasteiger partial charge in [0.15, 0.2) is 0 Å². The van der Waals surface area contributed by atoms with E-state index in [-0.39, 0.29) is 18.0 Å². The van der Waals surface area contributed by atoms with Crippen LogP contribution in [-0.4, -0.2) is 39.5 Å². The summed E-state index contributed by atoms with van der Waals surface area (Å²) in [7, 11) is 0. The molecule has 0 aliphatic heterocycles. The molecular weight excluding hydrogens is 424 g/mol. The highest BCUT2D eigenvalue weighted by Gasteiger charge is 2.25. The number of thioether (sulfide) groups is 1. The van der Waals surface area contributed by atoms with Crippen molar-refractivity contribution >= 4 is 29.5 Å². The van der Waals surface area contributed by atoms with Crippen molar-refractivity contribution in [3.05, 3.63) is 64.2 Å². The van der Waals surface area contributed by atoms with E-state index in [1.807, 2.05) is 30.3 Å². The van der Waals surface area contributed by atoms with Gasteiger partial charge < -0.3 is 19.9 Å². The second-order valence-corrected chi connectivity index (χ2v) is 8.57. The number of carboxylic acids is 1. The van der Waals surface area contributed by atoms with Gasteiger partial charge in [0, 0.05) is 17.9 Å². The number of benzene rings is 2. The van der Waals surface area contributed by atoms with Crippen molar-refractivity contribution in [2.75, 3.05) is 5.75 Å². The molecular formula is C21H24N2O7S. The van der Waals surface area contributed by atoms with E-state index in [0.717, 1.165) is 17.3 Å². The number of hydrogen-bond acceptors (Lipinski definition) is 7. The summed E-state index contributed by atoms with van der Waals surface area (Å²) >= 11 is 1.03. The first-order chi connectivity index (χ1) is 14.5. The van der Waals surface area contributed by atoms with Crippen LogP contribution in [0.3, 0.4) is 0 Å². The maximum absolute atomic E-state index is 11.9. The lowest BCUT2D eigenvalue weighted by Crippen LogP contribution is -2.44. The Morgan fingerprint density at radius 3 is 2.45 bits per heavy atom. The van der Waals surface area contributed by atoms with Crippen LogP contribution in [0.1, 0.15) is 26.3 Å². The Labute approximate surface area is 183 Å². The highest BCUT2D eigenvalue weighted by Crippen LogP contribution is 2.34. The van der Waals surface area contributed by atoms with Gasteiger partial charge in [-0.3, -0.25) is 10.1 Å². The molecule has 0 spiro atoms. The molecule has 2 aromatic carbocycles. The molecule has 10 heteroatoms. The highest BCUT2D eigenvalue weighted by atomic mass is 32.2. The van der Waals surface area contributed by atoms with Gasteiger partial charge in [0.2, 0.25) is 0 Å². The number of amides is 1. The molecule has 2 N–H and O–H groups in total. The first kappa shape index (κ1) is 24.0. The van der Waals surface area contributed by atoms with Crippen molar-refractivity contribution in [2.45, 2.75) is 43.9 Å². The molecule has 0 radical (unpaired) electrons. The Hall–Kier alpha value is -3.27. The van der Waals surface area contributed by atoms with E-state index in [1.165, 1.54) is 18.2 Å². The Balaban J connectivity index is 2.13. The summed E-state index contributed by atoms with van der Waals surface area (Å²) in [6, 6.07) is 12.2. The Morgan fingerprint density at radius 2 is 1.87 bits per heavy atom. The standard InChI is InChI=1S/C21H24N2O7S/c1-21(2,3)30-20(26)22-16(19(24)25)13-31-18-11-15(23(27)28)9-10-17(18)29-12-14-7-5-4-6-8-14/h4-11,16H,12-13H2,1-3H3,(H,22,26)(H,24,25). The topological polar surface area (TPSA) is 128 Å². The fourth-order valence-corrected chi connectivity index (χ4v) is 3.42. The molecule has 1 atom stereocenters. The van der Waals surface area contributed by atoms with Crippen LogP contribution in [0, 0.1) is 10.1 Å². The molecule has 1 amide bonds. The van der Waals surface area contributed by atoms with Crippen molar-refractivity contribution < 1.29 is 29.1 Å². The molecule has 0 saturated carbocycles. The fraction of sp³-hybridized carbons (Fsp3) is 0.333. The lowest BCUT2D eigenvalue weighted by molar-refractivity contribution is -0.385. The molecule has 9 nitrogen and oxygen atoms in total. The van der Waals surface area contributed by atoms with E-state index in [0.29, 0.717) is 10.6 Å². The van der Waals surface area contributed by atoms with Gasteiger partial charge in [-0.2, -0.15) is 0 Å². The number of rotatable bonds is 9. The number of nitro groups is 1. The van der Waals surface area contributed by atoms with E-state index >= 15 is 0 Å². The minimum Gasteiger partial charge on any atom is -0.488 e. The van der Waals surface area contributed by atoms with Gasteiger partial charge in [0.05, 0.1) is 9.82 Å². The highest BCUT2D eigenvalue weighted by molar-refractivity contribution is 7.99. The summed E-state index contributed by atoms with van der Waals surface area (Å²) in [6.07, 6.45) is -0.861. The van der Waals surface area contributed by atoms with Gasteiger partial charge >= 0.3 is 12.1 Å². The minimum atomic E-state index is -1.26. The predicted octanol–water partition coefficient (Wildman–Crippen LogP) is 4.24. The van der Waals surface area contributed by atoms with Crippen molar-refractivity contribution in [1.29, 1.82) is 0 Å². The lowest BCUT2D eigenvalue weighted by Gasteiger charge is -2.22. The molecule has 0 aliphatic carbocycles. The molecule has 2 rings (SSSR count). The second kappa shape index (κ2) is 10.7. The average molecular weight is 448 g/mol. The normalized spacial score (nSPS) is 12.0. The van der Waals surface area contributed by atoms with Crippen LogP contribution in [0.25, 0.3) is 0 Å². The van der Waals surface area contributed by atoms with E-state index in [9.17, 15) is 24.8 Å². The number of carboxylic acid groups (broad SMARTS) is 1. The zero-order chi connectivity index (χ0) is 23.0. The summed E-state index contributed by atoms with van der Waals surface area (Å²) in [5.41, 5.74) is -0.0213. The van der Waals surface area contributed by atoms with Crippen molar-refractivity contribution in [2.24, 2.45) is 0 Å². The van der Waals surface area contributed by atoms with Gasteiger partial charge in [-0.25, -0.2) is 9.59 Å². The first-order valence-corrected chi connectivity index (χ1v) is 10.3. The largest absolute Gasteiger partial charge is 0.488 e. The average Bonchev–Trinajstić information content (AvgIpc) is 2.69. The number of carbonyl (C=O) groups is 2. The number of carbonyl (C=O) groups excluding carboxylic acids is 1. The molecule has 0 saturated heterocycles. The third-order valence-electron chi connectivity index (χ3n) is 3.77. The van der Waals surface area contributed by atoms with E-state index < -0.39 is 28.6 Å². The van der Waals surface area contributed by atoms with Crippen LogP contribution in [0.15, 0.2) is 53.4 Å². The number of nitro benzene ring substituents is 1. The van der Waals surface area contributed by atoms with Crippen LogP contribution >= 0.6 is 11.8 Å². The monoisotopic (exact) mass is 448 g/mol. The van der Waals surface area contributed by atoms with Gasteiger partial charge in [0.25, 0.3) is 5.69 Å². The molecule has 166 valence electrons. The van der Waals surface area contributed by atoms with E-state index in [4.69, 9.17) is 9.47 Å². The number of non-ortho nitro benzene ring substituents is 1. The van der Waals surface area contributed by atoms with Crippen LogP contribution < -0.4 is 10.1 Å². The summed E-state index contributed by atoms with van der Waals surface area (Å²) in [5, 5.41) is 22.9. The molecule has 0 bridgehead atoms. The number of hydrogen-bond donors (Lipinski definition) is 2. The number of nitrogens with one attached hydrogen (secondary N) is 1. The zero-order valence-corrected chi connectivity index (χ0v) is 18.2. The van der Waals surface area contributed by atoms with Crippen molar-refractivity contribution in [3.63, 3.8) is 0 Å². The van der Waals surface area contributed by atoms with E-state index in [2.05, 4.69) is 5.32 Å². The minimum absolute atomic E-state index is 0.0859. The Kier molecular flexibility index (Phi) is 8.26. The molecule has 0 aromatic heterocycles. The molecule has 31 heavy (non-hydrogen) atoms.